The maximum atomic E-state index is 8.63. The monoisotopic (exact) mass is 395 g/mol. The molecule has 0 rings (SSSR count). The first-order chi connectivity index (χ1) is 1.73. The van der Waals surface area contributed by atoms with Gasteiger partial charge in [0.25, 0.3) is 0 Å². The van der Waals surface area contributed by atoms with Crippen molar-refractivity contribution < 1.29 is 124 Å². The summed E-state index contributed by atoms with van der Waals surface area (Å²) in [6.07, 6.45) is 0. The molecular formula is HBrCrO8ScZr. The molecule has 0 aliphatic heterocycles. The molecule has 0 aliphatic carbocycles. The van der Waals surface area contributed by atoms with E-state index in [9.17, 15) is 0 Å². The third-order valence-corrected chi connectivity index (χ3v) is 0. The van der Waals surface area contributed by atoms with Crippen molar-refractivity contribution in [2.45, 2.75) is 0 Å². The SMILES string of the molecule is [Cr+3].[O-2].[O-2].[O-2].[O-2].[O-2].[O-][Br+2]([O-])O.[Sc+3].[Zr+4]. The first-order valence-corrected chi connectivity index (χ1v) is 2.48. The third kappa shape index (κ3) is 273. The molecular weight excluding hydrogens is 396 g/mol. The molecule has 12 heteroatoms. The number of hydrogen-bond donors (Lipinski definition) is 1. The molecule has 0 heterocycles. The molecule has 0 atom stereocenters. The van der Waals surface area contributed by atoms with Crippen molar-refractivity contribution in [3.63, 3.8) is 0 Å². The minimum Gasteiger partial charge on any atom is -2.00 e. The van der Waals surface area contributed by atoms with Crippen molar-refractivity contribution in [1.29, 1.82) is 0 Å². The predicted octanol–water partition coefficient (Wildman–Crippen LogP) is -3.54. The van der Waals surface area contributed by atoms with Crippen molar-refractivity contribution in [3.05, 3.63) is 0 Å². The minimum atomic E-state index is -3.40. The molecule has 0 saturated carbocycles. The molecule has 0 aliphatic rings. The predicted molar refractivity (Wildman–Crippen MR) is 5.65 cm³/mol. The summed E-state index contributed by atoms with van der Waals surface area (Å²) in [6.45, 7) is 0. The van der Waals surface area contributed by atoms with Gasteiger partial charge in [-0.05, 0) is 4.20 Å². The van der Waals surface area contributed by atoms with Crippen molar-refractivity contribution >= 4 is 0 Å². The fourth-order valence-corrected chi connectivity index (χ4v) is 0. The summed E-state index contributed by atoms with van der Waals surface area (Å²) in [5, 5.41) is 0. The molecule has 12 heavy (non-hydrogen) atoms. The summed E-state index contributed by atoms with van der Waals surface area (Å²) in [4.78, 5) is 0. The Hall–Kier alpha value is 2.45. The van der Waals surface area contributed by atoms with E-state index in [4.69, 9.17) is 12.6 Å². The van der Waals surface area contributed by atoms with Gasteiger partial charge in [0.15, 0.2) is 0 Å². The van der Waals surface area contributed by atoms with Gasteiger partial charge in [0.05, 0.1) is 0 Å². The molecule has 1 N–H and O–H groups in total. The van der Waals surface area contributed by atoms with Crippen LogP contribution in [0.1, 0.15) is 0 Å². The van der Waals surface area contributed by atoms with Crippen LogP contribution in [0.2, 0.25) is 0 Å². The zero-order valence-corrected chi connectivity index (χ0v) is 12.3. The van der Waals surface area contributed by atoms with Gasteiger partial charge in [-0.15, -0.1) is 0 Å². The fourth-order valence-electron chi connectivity index (χ4n) is 0. The molecule has 0 amide bonds. The average Bonchev–Trinajstić information content (AvgIpc) is 0.811. The summed E-state index contributed by atoms with van der Waals surface area (Å²) in [6, 6.07) is 0. The summed E-state index contributed by atoms with van der Waals surface area (Å²) < 4.78 is 24.3. The van der Waals surface area contributed by atoms with Crippen LogP contribution >= 0.6 is 0 Å². The molecule has 1 radical (unpaired) electrons. The van der Waals surface area contributed by atoms with Gasteiger partial charge in [-0.3, -0.25) is 0 Å². The normalized spacial score (nSPS) is 3.00. The second-order valence-corrected chi connectivity index (χ2v) is 1.04. The van der Waals surface area contributed by atoms with Crippen LogP contribution in [0.4, 0.5) is 0 Å². The summed E-state index contributed by atoms with van der Waals surface area (Å²) in [7, 11) is 0. The Balaban J connectivity index is -0.00000000161. The van der Waals surface area contributed by atoms with Gasteiger partial charge in [-0.1, -0.05) is 0 Å². The van der Waals surface area contributed by atoms with Crippen molar-refractivity contribution in [2.24, 2.45) is 0 Å². The molecule has 0 aromatic heterocycles. The van der Waals surface area contributed by atoms with E-state index in [0.29, 0.717) is 0 Å². The number of hydrogen-bond acceptors (Lipinski definition) is 3. The fraction of sp³-hybridized carbons (Fsp3) is 0. The molecule has 69 valence electrons. The number of halogens is 1. The van der Waals surface area contributed by atoms with Gasteiger partial charge >= 0.3 is 84.2 Å². The maximum Gasteiger partial charge on any atom is 4.00 e. The van der Waals surface area contributed by atoms with Crippen LogP contribution < -0.4 is 8.40 Å². The molecule has 0 bridgehead atoms. The van der Waals surface area contributed by atoms with Crippen molar-refractivity contribution in [3.8, 4) is 0 Å². The van der Waals surface area contributed by atoms with E-state index in [0.717, 1.165) is 0 Å². The molecule has 0 unspecified atom stereocenters. The average molecular weight is 397 g/mol. The van der Waals surface area contributed by atoms with Crippen LogP contribution in [-0.4, -0.2) is 4.20 Å². The Morgan fingerprint density at radius 1 is 0.833 bits per heavy atom. The zero-order chi connectivity index (χ0) is 3.58. The summed E-state index contributed by atoms with van der Waals surface area (Å²) >= 11 is -3.40. The van der Waals surface area contributed by atoms with E-state index in [1.165, 1.54) is 0 Å². The first kappa shape index (κ1) is 88.1. The van der Waals surface area contributed by atoms with Crippen LogP contribution in [0.15, 0.2) is 0 Å². The summed E-state index contributed by atoms with van der Waals surface area (Å²) in [5.41, 5.74) is 0. The van der Waals surface area contributed by atoms with E-state index in [1.54, 1.807) is 0 Å². The van der Waals surface area contributed by atoms with E-state index in [1.807, 2.05) is 0 Å². The molecule has 0 saturated heterocycles. The standard InChI is InChI=1S/BrHO3.Cr.5O.Sc.Zr/c2-1(3)4;;;;;;;;/h2H;;;;;;;;/q;+3;5*-2;+3;+4. The summed E-state index contributed by atoms with van der Waals surface area (Å²) in [5.74, 6) is 0. The Labute approximate surface area is 123 Å². The van der Waals surface area contributed by atoms with Crippen LogP contribution in [-0.2, 0) is 96.8 Å². The smallest absolute Gasteiger partial charge is 2.00 e. The van der Waals surface area contributed by atoms with Gasteiger partial charge in [0.1, 0.15) is 0 Å². The minimum absolute atomic E-state index is 0. The quantitative estimate of drug-likeness (QED) is 0.441. The zero-order valence-electron chi connectivity index (χ0n) is 5.17. The molecule has 0 fully saturated rings. The second kappa shape index (κ2) is 70.2. The van der Waals surface area contributed by atoms with Gasteiger partial charge in [-0.2, -0.15) is 0 Å². The van der Waals surface area contributed by atoms with Crippen molar-refractivity contribution in [2.75, 3.05) is 0 Å². The van der Waals surface area contributed by atoms with Gasteiger partial charge < -0.3 is 35.8 Å². The number of rotatable bonds is 0. The Morgan fingerprint density at radius 3 is 0.833 bits per heavy atom. The van der Waals surface area contributed by atoms with Crippen LogP contribution in [0.5, 0.6) is 0 Å². The van der Waals surface area contributed by atoms with Gasteiger partial charge in [-0.25, -0.2) is 0 Å². The molecule has 8 nitrogen and oxygen atoms in total. The Morgan fingerprint density at radius 2 is 0.833 bits per heavy atom. The Kier molecular flexibility index (Phi) is 515. The van der Waals surface area contributed by atoms with E-state index < -0.39 is 14.8 Å². The molecule has 0 aromatic carbocycles. The van der Waals surface area contributed by atoms with Crippen LogP contribution in [0.25, 0.3) is 0 Å². The largest absolute Gasteiger partial charge is 4.00 e. The van der Waals surface area contributed by atoms with Crippen LogP contribution in [0.3, 0.4) is 0 Å². The molecule has 0 spiro atoms. The first-order valence-electron chi connectivity index (χ1n) is 0.478. The topological polar surface area (TPSA) is 209 Å². The van der Waals surface area contributed by atoms with Crippen molar-refractivity contribution in [1.82, 2.24) is 0 Å². The second-order valence-electron chi connectivity index (χ2n) is 0.201. The van der Waals surface area contributed by atoms with E-state index >= 15 is 0 Å². The maximum absolute atomic E-state index is 8.63. The van der Waals surface area contributed by atoms with Gasteiger partial charge in [0, 0.05) is 0 Å². The van der Waals surface area contributed by atoms with E-state index in [-0.39, 0.29) is 96.8 Å². The Bertz CT molecular complexity index is 23.8. The third-order valence-electron chi connectivity index (χ3n) is 0. The van der Waals surface area contributed by atoms with E-state index in [2.05, 4.69) is 0 Å². The molecule has 0 aromatic rings. The van der Waals surface area contributed by atoms with Crippen LogP contribution in [0, 0.1) is 14.8 Å². The van der Waals surface area contributed by atoms with Gasteiger partial charge in [0.2, 0.25) is 0 Å².